The molecular weight excluding hydrogens is 248 g/mol. The van der Waals surface area contributed by atoms with E-state index in [0.717, 1.165) is 16.9 Å². The standard InChI is InChI=1S/C14H15ClN2O/c1-10-5-6-17-8-13(10)14(16)9-18-12-4-2-3-11(15)7-12/h2-8,14H,9,16H2,1H3. The topological polar surface area (TPSA) is 48.1 Å². The van der Waals surface area contributed by atoms with Crippen LogP contribution < -0.4 is 10.5 Å². The highest BCUT2D eigenvalue weighted by atomic mass is 35.5. The fourth-order valence-electron chi connectivity index (χ4n) is 1.70. The van der Waals surface area contributed by atoms with E-state index in [-0.39, 0.29) is 6.04 Å². The number of hydrogen-bond donors (Lipinski definition) is 1. The van der Waals surface area contributed by atoms with Crippen LogP contribution in [0, 0.1) is 6.92 Å². The van der Waals surface area contributed by atoms with E-state index in [2.05, 4.69) is 4.98 Å². The van der Waals surface area contributed by atoms with Gasteiger partial charge in [-0.25, -0.2) is 0 Å². The summed E-state index contributed by atoms with van der Waals surface area (Å²) in [6.45, 7) is 2.41. The number of ether oxygens (including phenoxy) is 1. The maximum Gasteiger partial charge on any atom is 0.120 e. The summed E-state index contributed by atoms with van der Waals surface area (Å²) in [5.74, 6) is 0.722. The van der Waals surface area contributed by atoms with Crippen LogP contribution in [0.2, 0.25) is 5.02 Å². The lowest BCUT2D eigenvalue weighted by atomic mass is 10.1. The first kappa shape index (κ1) is 12.9. The number of aromatic nitrogens is 1. The molecule has 1 unspecified atom stereocenters. The number of rotatable bonds is 4. The lowest BCUT2D eigenvalue weighted by molar-refractivity contribution is 0.290. The number of pyridine rings is 1. The van der Waals surface area contributed by atoms with Gasteiger partial charge in [-0.1, -0.05) is 17.7 Å². The highest BCUT2D eigenvalue weighted by Crippen LogP contribution is 2.19. The molecule has 0 saturated carbocycles. The summed E-state index contributed by atoms with van der Waals surface area (Å²) in [6, 6.07) is 9.02. The van der Waals surface area contributed by atoms with Crippen LogP contribution in [0.3, 0.4) is 0 Å². The molecule has 0 aliphatic heterocycles. The van der Waals surface area contributed by atoms with Crippen LogP contribution in [-0.4, -0.2) is 11.6 Å². The normalized spacial score (nSPS) is 12.2. The van der Waals surface area contributed by atoms with Crippen molar-refractivity contribution in [1.29, 1.82) is 0 Å². The van der Waals surface area contributed by atoms with Crippen LogP contribution in [0.5, 0.6) is 5.75 Å². The van der Waals surface area contributed by atoms with Gasteiger partial charge in [-0.05, 0) is 42.3 Å². The smallest absolute Gasteiger partial charge is 0.120 e. The van der Waals surface area contributed by atoms with Gasteiger partial charge in [-0.3, -0.25) is 4.98 Å². The lowest BCUT2D eigenvalue weighted by Crippen LogP contribution is -2.20. The molecule has 3 nitrogen and oxygen atoms in total. The predicted molar refractivity (Wildman–Crippen MR) is 72.8 cm³/mol. The van der Waals surface area contributed by atoms with E-state index < -0.39 is 0 Å². The molecule has 0 aliphatic carbocycles. The first-order chi connectivity index (χ1) is 8.66. The first-order valence-corrected chi connectivity index (χ1v) is 6.09. The van der Waals surface area contributed by atoms with Crippen molar-refractivity contribution in [2.45, 2.75) is 13.0 Å². The fraction of sp³-hybridized carbons (Fsp3) is 0.214. The molecule has 2 aromatic rings. The highest BCUT2D eigenvalue weighted by molar-refractivity contribution is 6.30. The summed E-state index contributed by atoms with van der Waals surface area (Å²) in [6.07, 6.45) is 3.53. The van der Waals surface area contributed by atoms with Crippen molar-refractivity contribution in [2.75, 3.05) is 6.61 Å². The quantitative estimate of drug-likeness (QED) is 0.921. The van der Waals surface area contributed by atoms with Crippen LogP contribution in [0.1, 0.15) is 17.2 Å². The van der Waals surface area contributed by atoms with E-state index in [9.17, 15) is 0 Å². The zero-order valence-electron chi connectivity index (χ0n) is 10.1. The molecule has 1 aromatic carbocycles. The Hall–Kier alpha value is -1.58. The van der Waals surface area contributed by atoms with Crippen molar-refractivity contribution < 1.29 is 4.74 Å². The monoisotopic (exact) mass is 262 g/mol. The molecule has 0 bridgehead atoms. The maximum atomic E-state index is 6.08. The van der Waals surface area contributed by atoms with Crippen LogP contribution in [0.15, 0.2) is 42.7 Å². The Kier molecular flexibility index (Phi) is 4.18. The maximum absolute atomic E-state index is 6.08. The summed E-state index contributed by atoms with van der Waals surface area (Å²) in [5, 5.41) is 0.652. The minimum atomic E-state index is -0.197. The molecule has 1 atom stereocenters. The van der Waals surface area contributed by atoms with Crippen molar-refractivity contribution >= 4 is 11.6 Å². The van der Waals surface area contributed by atoms with Gasteiger partial charge in [-0.15, -0.1) is 0 Å². The molecule has 0 spiro atoms. The molecule has 1 heterocycles. The van der Waals surface area contributed by atoms with Crippen LogP contribution in [0.25, 0.3) is 0 Å². The van der Waals surface area contributed by atoms with Crippen LogP contribution in [0.4, 0.5) is 0 Å². The largest absolute Gasteiger partial charge is 0.492 e. The Morgan fingerprint density at radius 3 is 2.94 bits per heavy atom. The Morgan fingerprint density at radius 2 is 2.22 bits per heavy atom. The number of halogens is 1. The number of aryl methyl sites for hydroxylation is 1. The molecule has 0 radical (unpaired) electrons. The predicted octanol–water partition coefficient (Wildman–Crippen LogP) is 3.12. The second-order valence-corrected chi connectivity index (χ2v) is 4.54. The Morgan fingerprint density at radius 1 is 1.39 bits per heavy atom. The molecule has 2 N–H and O–H groups in total. The van der Waals surface area contributed by atoms with E-state index in [0.29, 0.717) is 11.6 Å². The van der Waals surface area contributed by atoms with Crippen molar-refractivity contribution in [1.82, 2.24) is 4.98 Å². The summed E-state index contributed by atoms with van der Waals surface area (Å²) in [4.78, 5) is 4.08. The Balaban J connectivity index is 2.00. The second kappa shape index (κ2) is 5.85. The van der Waals surface area contributed by atoms with Crippen molar-refractivity contribution in [3.63, 3.8) is 0 Å². The zero-order chi connectivity index (χ0) is 13.0. The average molecular weight is 263 g/mol. The molecule has 0 amide bonds. The van der Waals surface area contributed by atoms with E-state index >= 15 is 0 Å². The van der Waals surface area contributed by atoms with Gasteiger partial charge in [0.05, 0.1) is 6.04 Å². The summed E-state index contributed by atoms with van der Waals surface area (Å²) < 4.78 is 5.62. The van der Waals surface area contributed by atoms with Gasteiger partial charge in [-0.2, -0.15) is 0 Å². The minimum absolute atomic E-state index is 0.197. The van der Waals surface area contributed by atoms with Gasteiger partial charge in [0.25, 0.3) is 0 Å². The third-order valence-electron chi connectivity index (χ3n) is 2.70. The van der Waals surface area contributed by atoms with E-state index in [1.54, 1.807) is 24.5 Å². The Bertz CT molecular complexity index is 531. The number of benzene rings is 1. The molecule has 1 aromatic heterocycles. The van der Waals surface area contributed by atoms with Gasteiger partial charge >= 0.3 is 0 Å². The molecule has 0 fully saturated rings. The van der Waals surface area contributed by atoms with E-state index in [1.807, 2.05) is 25.1 Å². The molecule has 4 heteroatoms. The van der Waals surface area contributed by atoms with Crippen LogP contribution >= 0.6 is 11.6 Å². The number of hydrogen-bond acceptors (Lipinski definition) is 3. The third-order valence-corrected chi connectivity index (χ3v) is 2.94. The van der Waals surface area contributed by atoms with Gasteiger partial charge in [0, 0.05) is 17.4 Å². The summed E-state index contributed by atoms with van der Waals surface area (Å²) >= 11 is 5.88. The van der Waals surface area contributed by atoms with Crippen LogP contribution in [-0.2, 0) is 0 Å². The molecule has 2 rings (SSSR count). The van der Waals surface area contributed by atoms with Crippen molar-refractivity contribution in [3.05, 3.63) is 58.9 Å². The lowest BCUT2D eigenvalue weighted by Gasteiger charge is -2.15. The van der Waals surface area contributed by atoms with E-state index in [1.165, 1.54) is 0 Å². The first-order valence-electron chi connectivity index (χ1n) is 5.71. The highest BCUT2D eigenvalue weighted by Gasteiger charge is 2.09. The fourth-order valence-corrected chi connectivity index (χ4v) is 1.88. The second-order valence-electron chi connectivity index (χ2n) is 4.11. The van der Waals surface area contributed by atoms with E-state index in [4.69, 9.17) is 22.1 Å². The summed E-state index contributed by atoms with van der Waals surface area (Å²) in [5.41, 5.74) is 8.20. The molecule has 0 saturated heterocycles. The SMILES string of the molecule is Cc1ccncc1C(N)COc1cccc(Cl)c1. The van der Waals surface area contributed by atoms with Gasteiger partial charge in [0.15, 0.2) is 0 Å². The van der Waals surface area contributed by atoms with Gasteiger partial charge in [0.1, 0.15) is 12.4 Å². The van der Waals surface area contributed by atoms with Crippen molar-refractivity contribution in [2.24, 2.45) is 5.73 Å². The zero-order valence-corrected chi connectivity index (χ0v) is 10.9. The number of nitrogens with zero attached hydrogens (tertiary/aromatic N) is 1. The summed E-state index contributed by atoms with van der Waals surface area (Å²) in [7, 11) is 0. The van der Waals surface area contributed by atoms with Crippen molar-refractivity contribution in [3.8, 4) is 5.75 Å². The van der Waals surface area contributed by atoms with Gasteiger partial charge in [0.2, 0.25) is 0 Å². The number of nitrogens with two attached hydrogens (primary N) is 1. The third kappa shape index (κ3) is 3.22. The molecular formula is C14H15ClN2O. The Labute approximate surface area is 112 Å². The molecule has 18 heavy (non-hydrogen) atoms. The van der Waals surface area contributed by atoms with Gasteiger partial charge < -0.3 is 10.5 Å². The average Bonchev–Trinajstić information content (AvgIpc) is 2.37. The molecule has 94 valence electrons. The molecule has 0 aliphatic rings. The minimum Gasteiger partial charge on any atom is -0.492 e.